The fourth-order valence-electron chi connectivity index (χ4n) is 1.35. The van der Waals surface area contributed by atoms with E-state index in [1.54, 1.807) is 24.5 Å². The number of ether oxygens (including phenoxy) is 1. The summed E-state index contributed by atoms with van der Waals surface area (Å²) in [6, 6.07) is 3.86. The van der Waals surface area contributed by atoms with E-state index in [0.29, 0.717) is 0 Å². The molecule has 0 saturated carbocycles. The second kappa shape index (κ2) is 7.68. The second-order valence-corrected chi connectivity index (χ2v) is 6.30. The summed E-state index contributed by atoms with van der Waals surface area (Å²) in [5.74, 6) is -0.144. The average Bonchev–Trinajstić information content (AvgIpc) is 2.72. The summed E-state index contributed by atoms with van der Waals surface area (Å²) in [7, 11) is 3.16. The standard InChI is InChI=1S/C12H16BrNO3S/c1-14(7-9(15)8-17-2)12(16)6-4-10-3-5-11(13)18-10/h3-6,9,15H,7-8H2,1-2H3. The van der Waals surface area contributed by atoms with Crippen LogP contribution in [0.1, 0.15) is 4.88 Å². The molecule has 6 heteroatoms. The van der Waals surface area contributed by atoms with Crippen LogP contribution in [0.15, 0.2) is 22.0 Å². The number of hydrogen-bond acceptors (Lipinski definition) is 4. The molecule has 0 bridgehead atoms. The minimum absolute atomic E-state index is 0.144. The summed E-state index contributed by atoms with van der Waals surface area (Å²) in [4.78, 5) is 14.2. The van der Waals surface area contributed by atoms with Crippen molar-refractivity contribution >= 4 is 39.2 Å². The van der Waals surface area contributed by atoms with Gasteiger partial charge in [-0.1, -0.05) is 0 Å². The van der Waals surface area contributed by atoms with Gasteiger partial charge in [0.05, 0.1) is 16.5 Å². The first-order valence-electron chi connectivity index (χ1n) is 5.38. The summed E-state index contributed by atoms with van der Waals surface area (Å²) >= 11 is 4.91. The first kappa shape index (κ1) is 15.4. The molecule has 0 radical (unpaired) electrons. The molecule has 1 unspecified atom stereocenters. The smallest absolute Gasteiger partial charge is 0.246 e. The van der Waals surface area contributed by atoms with Gasteiger partial charge in [0.15, 0.2) is 0 Å². The lowest BCUT2D eigenvalue weighted by Gasteiger charge is -2.18. The molecule has 1 N–H and O–H groups in total. The largest absolute Gasteiger partial charge is 0.389 e. The Bertz CT molecular complexity index is 419. The predicted octanol–water partition coefficient (Wildman–Crippen LogP) is 1.99. The van der Waals surface area contributed by atoms with E-state index in [1.807, 2.05) is 12.1 Å². The van der Waals surface area contributed by atoms with Crippen LogP contribution in [0.4, 0.5) is 0 Å². The van der Waals surface area contributed by atoms with Gasteiger partial charge in [0.2, 0.25) is 5.91 Å². The number of methoxy groups -OCH3 is 1. The molecule has 0 aromatic carbocycles. The van der Waals surface area contributed by atoms with Crippen LogP contribution in [0.5, 0.6) is 0 Å². The van der Waals surface area contributed by atoms with Crippen molar-refractivity contribution in [3.8, 4) is 0 Å². The number of rotatable bonds is 6. The molecular weight excluding hydrogens is 318 g/mol. The number of thiophene rings is 1. The highest BCUT2D eigenvalue weighted by atomic mass is 79.9. The van der Waals surface area contributed by atoms with Crippen molar-refractivity contribution in [3.63, 3.8) is 0 Å². The van der Waals surface area contributed by atoms with Gasteiger partial charge >= 0.3 is 0 Å². The monoisotopic (exact) mass is 333 g/mol. The average molecular weight is 334 g/mol. The minimum atomic E-state index is -0.659. The Hall–Kier alpha value is -0.690. The van der Waals surface area contributed by atoms with E-state index in [9.17, 15) is 9.90 Å². The highest BCUT2D eigenvalue weighted by molar-refractivity contribution is 9.11. The van der Waals surface area contributed by atoms with E-state index in [-0.39, 0.29) is 19.1 Å². The molecule has 1 atom stereocenters. The summed E-state index contributed by atoms with van der Waals surface area (Å²) in [6.07, 6.45) is 2.60. The van der Waals surface area contributed by atoms with E-state index in [4.69, 9.17) is 4.74 Å². The number of halogens is 1. The van der Waals surface area contributed by atoms with Gasteiger partial charge < -0.3 is 14.7 Å². The molecule has 0 saturated heterocycles. The fraction of sp³-hybridized carbons (Fsp3) is 0.417. The van der Waals surface area contributed by atoms with Crippen LogP contribution in [-0.2, 0) is 9.53 Å². The van der Waals surface area contributed by atoms with E-state index >= 15 is 0 Å². The van der Waals surface area contributed by atoms with Crippen LogP contribution in [0.3, 0.4) is 0 Å². The molecule has 0 aliphatic heterocycles. The van der Waals surface area contributed by atoms with E-state index < -0.39 is 6.10 Å². The van der Waals surface area contributed by atoms with Gasteiger partial charge in [0.1, 0.15) is 0 Å². The third-order valence-electron chi connectivity index (χ3n) is 2.20. The minimum Gasteiger partial charge on any atom is -0.389 e. The summed E-state index contributed by atoms with van der Waals surface area (Å²) < 4.78 is 5.83. The first-order chi connectivity index (χ1) is 8.52. The van der Waals surface area contributed by atoms with Crippen molar-refractivity contribution in [1.82, 2.24) is 4.90 Å². The van der Waals surface area contributed by atoms with Crippen LogP contribution in [0, 0.1) is 0 Å². The first-order valence-corrected chi connectivity index (χ1v) is 6.99. The molecule has 100 valence electrons. The van der Waals surface area contributed by atoms with Gasteiger partial charge in [-0.25, -0.2) is 0 Å². The number of nitrogens with zero attached hydrogens (tertiary/aromatic N) is 1. The Labute approximate surface area is 119 Å². The van der Waals surface area contributed by atoms with Gasteiger partial charge in [-0.3, -0.25) is 4.79 Å². The molecule has 1 rings (SSSR count). The number of aliphatic hydroxyl groups excluding tert-OH is 1. The van der Waals surface area contributed by atoms with E-state index in [2.05, 4.69) is 15.9 Å². The lowest BCUT2D eigenvalue weighted by Crippen LogP contribution is -2.35. The number of hydrogen-bond donors (Lipinski definition) is 1. The summed E-state index contributed by atoms with van der Waals surface area (Å²) in [6.45, 7) is 0.477. The van der Waals surface area contributed by atoms with Crippen LogP contribution < -0.4 is 0 Å². The normalized spacial score (nSPS) is 12.9. The zero-order valence-electron chi connectivity index (χ0n) is 10.3. The Morgan fingerprint density at radius 3 is 2.94 bits per heavy atom. The molecular formula is C12H16BrNO3S. The van der Waals surface area contributed by atoms with Gasteiger partial charge in [-0.05, 0) is 34.1 Å². The van der Waals surface area contributed by atoms with Gasteiger partial charge in [0.25, 0.3) is 0 Å². The molecule has 1 aromatic heterocycles. The Balaban J connectivity index is 2.46. The molecule has 0 aliphatic rings. The maximum Gasteiger partial charge on any atom is 0.246 e. The molecule has 1 heterocycles. The van der Waals surface area contributed by atoms with Crippen molar-refractivity contribution < 1.29 is 14.6 Å². The van der Waals surface area contributed by atoms with Crippen molar-refractivity contribution in [2.24, 2.45) is 0 Å². The van der Waals surface area contributed by atoms with Gasteiger partial charge in [-0.15, -0.1) is 11.3 Å². The van der Waals surface area contributed by atoms with Crippen molar-refractivity contribution in [3.05, 3.63) is 26.9 Å². The van der Waals surface area contributed by atoms with Crippen LogP contribution >= 0.6 is 27.3 Å². The summed E-state index contributed by atoms with van der Waals surface area (Å²) in [5, 5.41) is 9.51. The Kier molecular flexibility index (Phi) is 6.56. The molecule has 18 heavy (non-hydrogen) atoms. The zero-order chi connectivity index (χ0) is 13.5. The molecule has 4 nitrogen and oxygen atoms in total. The van der Waals surface area contributed by atoms with Crippen LogP contribution in [0.2, 0.25) is 0 Å². The molecule has 1 aromatic rings. The fourth-order valence-corrected chi connectivity index (χ4v) is 2.68. The zero-order valence-corrected chi connectivity index (χ0v) is 12.7. The van der Waals surface area contributed by atoms with Crippen molar-refractivity contribution in [2.75, 3.05) is 27.3 Å². The molecule has 1 amide bonds. The summed E-state index contributed by atoms with van der Waals surface area (Å²) in [5.41, 5.74) is 0. The highest BCUT2D eigenvalue weighted by Gasteiger charge is 2.11. The topological polar surface area (TPSA) is 49.8 Å². The van der Waals surface area contributed by atoms with Crippen LogP contribution in [-0.4, -0.2) is 49.3 Å². The van der Waals surface area contributed by atoms with Crippen molar-refractivity contribution in [1.29, 1.82) is 0 Å². The number of carbonyl (C=O) groups is 1. The Morgan fingerprint density at radius 2 is 2.39 bits per heavy atom. The quantitative estimate of drug-likeness (QED) is 0.810. The maximum atomic E-state index is 11.7. The lowest BCUT2D eigenvalue weighted by atomic mass is 10.3. The Morgan fingerprint density at radius 1 is 1.67 bits per heavy atom. The SMILES string of the molecule is COCC(O)CN(C)C(=O)C=Cc1ccc(Br)s1. The van der Waals surface area contributed by atoms with Crippen LogP contribution in [0.25, 0.3) is 6.08 Å². The lowest BCUT2D eigenvalue weighted by molar-refractivity contribution is -0.126. The van der Waals surface area contributed by atoms with E-state index in [1.165, 1.54) is 18.1 Å². The molecule has 0 fully saturated rings. The molecule has 0 aliphatic carbocycles. The van der Waals surface area contributed by atoms with Crippen molar-refractivity contribution in [2.45, 2.75) is 6.10 Å². The van der Waals surface area contributed by atoms with Gasteiger partial charge in [-0.2, -0.15) is 0 Å². The number of amides is 1. The number of carbonyl (C=O) groups excluding carboxylic acids is 1. The second-order valence-electron chi connectivity index (χ2n) is 3.80. The third kappa shape index (κ3) is 5.30. The van der Waals surface area contributed by atoms with E-state index in [0.717, 1.165) is 8.66 Å². The maximum absolute atomic E-state index is 11.7. The number of aliphatic hydroxyl groups is 1. The van der Waals surface area contributed by atoms with Gasteiger partial charge in [0, 0.05) is 31.7 Å². The molecule has 0 spiro atoms. The predicted molar refractivity (Wildman–Crippen MR) is 76.6 cm³/mol. The third-order valence-corrected chi connectivity index (χ3v) is 3.79. The number of likely N-dealkylation sites (N-methyl/N-ethyl adjacent to an activating group) is 1. The highest BCUT2D eigenvalue weighted by Crippen LogP contribution is 2.22.